The fourth-order valence-corrected chi connectivity index (χ4v) is 1.08. The van der Waals surface area contributed by atoms with Crippen molar-refractivity contribution in [1.82, 2.24) is 10.6 Å². The number of unbranched alkanes of at least 4 members (excludes halogenated alkanes) is 1. The van der Waals surface area contributed by atoms with Gasteiger partial charge in [0.2, 0.25) is 0 Å². The van der Waals surface area contributed by atoms with Crippen LogP contribution in [-0.4, -0.2) is 37.3 Å². The minimum atomic E-state index is -0.474. The van der Waals surface area contributed by atoms with Crippen molar-refractivity contribution >= 4 is 12.1 Å². The van der Waals surface area contributed by atoms with Gasteiger partial charge in [0.05, 0.1) is 0 Å². The molecule has 0 unspecified atom stereocenters. The van der Waals surface area contributed by atoms with Crippen molar-refractivity contribution < 1.29 is 9.53 Å². The molecule has 0 aliphatic carbocycles. The van der Waals surface area contributed by atoms with E-state index in [1.165, 1.54) is 0 Å². The van der Waals surface area contributed by atoms with Crippen molar-refractivity contribution in [2.24, 2.45) is 10.7 Å². The van der Waals surface area contributed by atoms with E-state index in [2.05, 4.69) is 22.5 Å². The van der Waals surface area contributed by atoms with E-state index in [9.17, 15) is 4.79 Å². The van der Waals surface area contributed by atoms with E-state index >= 15 is 0 Å². The minimum Gasteiger partial charge on any atom is -0.444 e. The second kappa shape index (κ2) is 8.60. The van der Waals surface area contributed by atoms with E-state index in [1.54, 1.807) is 0 Å². The molecule has 0 aliphatic rings. The van der Waals surface area contributed by atoms with Gasteiger partial charge in [0, 0.05) is 19.6 Å². The lowest BCUT2D eigenvalue weighted by Gasteiger charge is -2.19. The van der Waals surface area contributed by atoms with Crippen molar-refractivity contribution in [2.75, 3.05) is 19.6 Å². The monoisotopic (exact) mass is 258 g/mol. The Bertz CT molecular complexity index is 272. The number of carbonyl (C=O) groups is 1. The molecule has 0 saturated carbocycles. The summed E-state index contributed by atoms with van der Waals surface area (Å²) in [6.45, 7) is 9.27. The maximum absolute atomic E-state index is 11.3. The summed E-state index contributed by atoms with van der Waals surface area (Å²) in [5, 5.41) is 5.54. The molecule has 0 rings (SSSR count). The molecule has 0 radical (unpaired) electrons. The van der Waals surface area contributed by atoms with Crippen LogP contribution in [0, 0.1) is 0 Å². The van der Waals surface area contributed by atoms with Gasteiger partial charge in [-0.15, -0.1) is 0 Å². The predicted molar refractivity (Wildman–Crippen MR) is 73.6 cm³/mol. The zero-order valence-corrected chi connectivity index (χ0v) is 11.9. The second-order valence-corrected chi connectivity index (χ2v) is 4.98. The van der Waals surface area contributed by atoms with Crippen LogP contribution in [0.15, 0.2) is 4.99 Å². The van der Waals surface area contributed by atoms with Crippen LogP contribution < -0.4 is 16.4 Å². The van der Waals surface area contributed by atoms with Crippen LogP contribution >= 0.6 is 0 Å². The number of guanidine groups is 1. The van der Waals surface area contributed by atoms with Gasteiger partial charge in [-0.3, -0.25) is 4.99 Å². The fourth-order valence-electron chi connectivity index (χ4n) is 1.08. The summed E-state index contributed by atoms with van der Waals surface area (Å²) in [7, 11) is 0. The second-order valence-electron chi connectivity index (χ2n) is 4.98. The van der Waals surface area contributed by atoms with Crippen LogP contribution in [0.25, 0.3) is 0 Å². The molecule has 0 heterocycles. The first-order valence-electron chi connectivity index (χ1n) is 6.36. The Morgan fingerprint density at radius 2 is 1.89 bits per heavy atom. The molecule has 18 heavy (non-hydrogen) atoms. The maximum atomic E-state index is 11.3. The lowest BCUT2D eigenvalue weighted by Crippen LogP contribution is -2.40. The van der Waals surface area contributed by atoms with Crippen LogP contribution in [-0.2, 0) is 4.74 Å². The first-order chi connectivity index (χ1) is 8.35. The van der Waals surface area contributed by atoms with E-state index < -0.39 is 11.7 Å². The maximum Gasteiger partial charge on any atom is 0.407 e. The van der Waals surface area contributed by atoms with Gasteiger partial charge in [0.15, 0.2) is 5.96 Å². The fraction of sp³-hybridized carbons (Fsp3) is 0.833. The van der Waals surface area contributed by atoms with E-state index in [0.29, 0.717) is 19.0 Å². The van der Waals surface area contributed by atoms with Crippen LogP contribution in [0.1, 0.15) is 40.5 Å². The number of nitrogens with one attached hydrogen (secondary N) is 2. The third-order valence-corrected chi connectivity index (χ3v) is 1.89. The molecular weight excluding hydrogens is 232 g/mol. The average molecular weight is 258 g/mol. The van der Waals surface area contributed by atoms with E-state index in [4.69, 9.17) is 10.5 Å². The van der Waals surface area contributed by atoms with Crippen molar-refractivity contribution in [1.29, 1.82) is 0 Å². The number of carbonyl (C=O) groups excluding carboxylic acids is 1. The molecule has 0 bridgehead atoms. The Balaban J connectivity index is 3.61. The first kappa shape index (κ1) is 16.5. The summed E-state index contributed by atoms with van der Waals surface area (Å²) in [4.78, 5) is 15.4. The molecule has 0 aromatic heterocycles. The van der Waals surface area contributed by atoms with Gasteiger partial charge in [0.1, 0.15) is 5.60 Å². The third kappa shape index (κ3) is 11.0. The molecule has 0 saturated heterocycles. The molecule has 0 aliphatic heterocycles. The van der Waals surface area contributed by atoms with Crippen molar-refractivity contribution in [3.8, 4) is 0 Å². The lowest BCUT2D eigenvalue weighted by atomic mass is 10.2. The summed E-state index contributed by atoms with van der Waals surface area (Å²) in [5.41, 5.74) is 5.15. The minimum absolute atomic E-state index is 0.412. The number of hydrogen-bond donors (Lipinski definition) is 3. The number of hydrogen-bond acceptors (Lipinski definition) is 3. The SMILES string of the molecule is CCCCN=C(N)NCCNC(=O)OC(C)(C)C. The summed E-state index contributed by atoms with van der Waals surface area (Å²) in [6, 6.07) is 0. The van der Waals surface area contributed by atoms with Crippen LogP contribution in [0.5, 0.6) is 0 Å². The molecule has 0 aromatic carbocycles. The smallest absolute Gasteiger partial charge is 0.407 e. The number of nitrogens with two attached hydrogens (primary N) is 1. The topological polar surface area (TPSA) is 88.7 Å². The van der Waals surface area contributed by atoms with Gasteiger partial charge in [0.25, 0.3) is 0 Å². The highest BCUT2D eigenvalue weighted by molar-refractivity contribution is 5.77. The van der Waals surface area contributed by atoms with Crippen molar-refractivity contribution in [3.05, 3.63) is 0 Å². The number of rotatable bonds is 6. The molecule has 6 nitrogen and oxygen atoms in total. The van der Waals surface area contributed by atoms with Gasteiger partial charge in [-0.05, 0) is 27.2 Å². The number of amides is 1. The van der Waals surface area contributed by atoms with Gasteiger partial charge < -0.3 is 21.1 Å². The zero-order chi connectivity index (χ0) is 14.0. The van der Waals surface area contributed by atoms with Crippen molar-refractivity contribution in [3.63, 3.8) is 0 Å². The average Bonchev–Trinajstić information content (AvgIpc) is 2.22. The number of aliphatic imine (C=N–C) groups is 1. The third-order valence-electron chi connectivity index (χ3n) is 1.89. The highest BCUT2D eigenvalue weighted by Gasteiger charge is 2.15. The quantitative estimate of drug-likeness (QED) is 0.379. The van der Waals surface area contributed by atoms with Gasteiger partial charge in [-0.1, -0.05) is 13.3 Å². The number of ether oxygens (including phenoxy) is 1. The molecule has 106 valence electrons. The summed E-state index contributed by atoms with van der Waals surface area (Å²) in [5.74, 6) is 0.412. The normalized spacial score (nSPS) is 12.1. The summed E-state index contributed by atoms with van der Waals surface area (Å²) >= 11 is 0. The highest BCUT2D eigenvalue weighted by Crippen LogP contribution is 2.05. The standard InChI is InChI=1S/C12H26N4O2/c1-5-6-7-14-10(13)15-8-9-16-11(17)18-12(2,3)4/h5-9H2,1-4H3,(H,16,17)(H3,13,14,15). The summed E-state index contributed by atoms with van der Waals surface area (Å²) in [6.07, 6.45) is 1.70. The Kier molecular flexibility index (Phi) is 7.91. The lowest BCUT2D eigenvalue weighted by molar-refractivity contribution is 0.0529. The van der Waals surface area contributed by atoms with Crippen LogP contribution in [0.3, 0.4) is 0 Å². The van der Waals surface area contributed by atoms with Crippen LogP contribution in [0.2, 0.25) is 0 Å². The predicted octanol–water partition coefficient (Wildman–Crippen LogP) is 1.22. The summed E-state index contributed by atoms with van der Waals surface area (Å²) < 4.78 is 5.08. The van der Waals surface area contributed by atoms with Gasteiger partial charge >= 0.3 is 6.09 Å². The molecular formula is C12H26N4O2. The van der Waals surface area contributed by atoms with E-state index in [-0.39, 0.29) is 0 Å². The van der Waals surface area contributed by atoms with Crippen molar-refractivity contribution in [2.45, 2.75) is 46.1 Å². The van der Waals surface area contributed by atoms with E-state index in [1.807, 2.05) is 20.8 Å². The van der Waals surface area contributed by atoms with Gasteiger partial charge in [-0.2, -0.15) is 0 Å². The molecule has 6 heteroatoms. The molecule has 0 atom stereocenters. The van der Waals surface area contributed by atoms with E-state index in [0.717, 1.165) is 19.4 Å². The zero-order valence-electron chi connectivity index (χ0n) is 11.9. The van der Waals surface area contributed by atoms with Gasteiger partial charge in [-0.25, -0.2) is 4.79 Å². The number of alkyl carbamates (subject to hydrolysis) is 1. The highest BCUT2D eigenvalue weighted by atomic mass is 16.6. The Labute approximate surface area is 109 Å². The molecule has 1 amide bonds. The Morgan fingerprint density at radius 1 is 1.28 bits per heavy atom. The Morgan fingerprint density at radius 3 is 2.44 bits per heavy atom. The molecule has 0 aromatic rings. The number of nitrogens with zero attached hydrogens (tertiary/aromatic N) is 1. The molecule has 4 N–H and O–H groups in total. The molecule has 0 spiro atoms. The molecule has 0 fully saturated rings. The van der Waals surface area contributed by atoms with Crippen LogP contribution in [0.4, 0.5) is 4.79 Å². The largest absolute Gasteiger partial charge is 0.444 e. The first-order valence-corrected chi connectivity index (χ1v) is 6.36. The Hall–Kier alpha value is -1.46.